The highest BCUT2D eigenvalue weighted by molar-refractivity contribution is 7.99. The van der Waals surface area contributed by atoms with Gasteiger partial charge in [-0.25, -0.2) is 4.39 Å². The maximum absolute atomic E-state index is 14.6. The highest BCUT2D eigenvalue weighted by Gasteiger charge is 2.31. The highest BCUT2D eigenvalue weighted by atomic mass is 35.5. The van der Waals surface area contributed by atoms with E-state index < -0.39 is 11.9 Å². The third-order valence-electron chi connectivity index (χ3n) is 5.41. The summed E-state index contributed by atoms with van der Waals surface area (Å²) in [5.74, 6) is -0.0832. The molecule has 0 aliphatic heterocycles. The molecule has 1 atom stereocenters. The van der Waals surface area contributed by atoms with Crippen molar-refractivity contribution < 1.29 is 14.0 Å². The van der Waals surface area contributed by atoms with Gasteiger partial charge in [-0.05, 0) is 43.2 Å². The fourth-order valence-corrected chi connectivity index (χ4v) is 4.66. The molecule has 4 nitrogen and oxygen atoms in total. The van der Waals surface area contributed by atoms with Gasteiger partial charge < -0.3 is 10.2 Å². The number of amides is 2. The Hall–Kier alpha value is -2.83. The summed E-state index contributed by atoms with van der Waals surface area (Å²) in [6.07, 6.45) is 0.335. The summed E-state index contributed by atoms with van der Waals surface area (Å²) < 4.78 is 14.6. The molecule has 3 rings (SSSR count). The summed E-state index contributed by atoms with van der Waals surface area (Å²) in [4.78, 5) is 28.3. The van der Waals surface area contributed by atoms with Gasteiger partial charge in [0.05, 0.1) is 5.75 Å². The minimum atomic E-state index is -0.775. The van der Waals surface area contributed by atoms with E-state index in [1.807, 2.05) is 68.4 Å². The van der Waals surface area contributed by atoms with Crippen molar-refractivity contribution >= 4 is 35.2 Å². The summed E-state index contributed by atoms with van der Waals surface area (Å²) in [6.45, 7) is 3.76. The highest BCUT2D eigenvalue weighted by Crippen LogP contribution is 2.20. The topological polar surface area (TPSA) is 49.4 Å². The molecule has 0 aromatic heterocycles. The summed E-state index contributed by atoms with van der Waals surface area (Å²) in [5, 5.41) is 3.60. The SMILES string of the molecule is CC(C)NC(=O)[C@@H](Cc1ccccc1)N(Cc1ccccc1F)C(=O)CSCc1ccc(Cl)cc1. The molecule has 7 heteroatoms. The Balaban J connectivity index is 1.85. The van der Waals surface area contributed by atoms with Crippen molar-refractivity contribution in [1.82, 2.24) is 10.2 Å². The lowest BCUT2D eigenvalue weighted by atomic mass is 10.0. The molecule has 184 valence electrons. The van der Waals surface area contributed by atoms with Crippen molar-refractivity contribution in [3.8, 4) is 0 Å². The third kappa shape index (κ3) is 8.41. The number of nitrogens with one attached hydrogen (secondary N) is 1. The van der Waals surface area contributed by atoms with E-state index in [0.29, 0.717) is 22.8 Å². The molecule has 3 aromatic rings. The van der Waals surface area contributed by atoms with E-state index in [4.69, 9.17) is 11.6 Å². The lowest BCUT2D eigenvalue weighted by molar-refractivity contribution is -0.139. The summed E-state index contributed by atoms with van der Waals surface area (Å²) in [5.41, 5.74) is 2.35. The minimum Gasteiger partial charge on any atom is -0.352 e. The van der Waals surface area contributed by atoms with Crippen LogP contribution in [0.1, 0.15) is 30.5 Å². The number of hydrogen-bond acceptors (Lipinski definition) is 3. The van der Waals surface area contributed by atoms with E-state index in [1.165, 1.54) is 22.7 Å². The molecule has 1 N–H and O–H groups in total. The predicted molar refractivity (Wildman–Crippen MR) is 142 cm³/mol. The Morgan fingerprint density at radius 1 is 0.943 bits per heavy atom. The molecule has 0 spiro atoms. The third-order valence-corrected chi connectivity index (χ3v) is 6.65. The molecule has 0 saturated carbocycles. The Kier molecular flexibility index (Phi) is 10.2. The van der Waals surface area contributed by atoms with Crippen LogP contribution < -0.4 is 5.32 Å². The number of rotatable bonds is 11. The van der Waals surface area contributed by atoms with Gasteiger partial charge in [-0.3, -0.25) is 9.59 Å². The van der Waals surface area contributed by atoms with Crippen molar-refractivity contribution in [2.75, 3.05) is 5.75 Å². The first-order chi connectivity index (χ1) is 16.8. The molecule has 35 heavy (non-hydrogen) atoms. The maximum atomic E-state index is 14.6. The van der Waals surface area contributed by atoms with E-state index in [0.717, 1.165) is 11.1 Å². The van der Waals surface area contributed by atoms with E-state index in [1.54, 1.807) is 18.2 Å². The first-order valence-corrected chi connectivity index (χ1v) is 13.1. The summed E-state index contributed by atoms with van der Waals surface area (Å²) in [6, 6.07) is 22.5. The van der Waals surface area contributed by atoms with Crippen LogP contribution in [-0.2, 0) is 28.3 Å². The van der Waals surface area contributed by atoms with Crippen molar-refractivity contribution in [1.29, 1.82) is 0 Å². The van der Waals surface area contributed by atoms with Crippen LogP contribution in [0.4, 0.5) is 4.39 Å². The van der Waals surface area contributed by atoms with Crippen molar-refractivity contribution in [3.05, 3.63) is 106 Å². The molecule has 0 saturated heterocycles. The largest absolute Gasteiger partial charge is 0.352 e. The molecule has 0 bridgehead atoms. The number of hydrogen-bond donors (Lipinski definition) is 1. The number of carbonyl (C=O) groups is 2. The second-order valence-corrected chi connectivity index (χ2v) is 10.0. The fourth-order valence-electron chi connectivity index (χ4n) is 3.66. The molecule has 0 fully saturated rings. The average Bonchev–Trinajstić information content (AvgIpc) is 2.83. The quantitative estimate of drug-likeness (QED) is 0.349. The van der Waals surface area contributed by atoms with E-state index in [9.17, 15) is 14.0 Å². The van der Waals surface area contributed by atoms with Gasteiger partial charge in [0.2, 0.25) is 11.8 Å². The van der Waals surface area contributed by atoms with Gasteiger partial charge in [-0.1, -0.05) is 72.3 Å². The number of halogens is 2. The Bertz CT molecular complexity index is 1110. The second kappa shape index (κ2) is 13.3. The van der Waals surface area contributed by atoms with Crippen molar-refractivity contribution in [2.24, 2.45) is 0 Å². The summed E-state index contributed by atoms with van der Waals surface area (Å²) in [7, 11) is 0. The van der Waals surface area contributed by atoms with E-state index in [2.05, 4.69) is 5.32 Å². The lowest BCUT2D eigenvalue weighted by Gasteiger charge is -2.32. The predicted octanol–water partition coefficient (Wildman–Crippen LogP) is 5.88. The zero-order valence-corrected chi connectivity index (χ0v) is 21.5. The van der Waals surface area contributed by atoms with Crippen LogP contribution in [0.2, 0.25) is 5.02 Å². The molecular formula is C28H30ClFN2O2S. The maximum Gasteiger partial charge on any atom is 0.243 e. The second-order valence-electron chi connectivity index (χ2n) is 8.60. The summed E-state index contributed by atoms with van der Waals surface area (Å²) >= 11 is 7.41. The van der Waals surface area contributed by atoms with Gasteiger partial charge in [-0.15, -0.1) is 11.8 Å². The van der Waals surface area contributed by atoms with Crippen LogP contribution in [-0.4, -0.2) is 34.6 Å². The standard InChI is InChI=1S/C28H30ClFN2O2S/c1-20(2)31-28(34)26(16-21-8-4-3-5-9-21)32(17-23-10-6-7-11-25(23)30)27(33)19-35-18-22-12-14-24(29)15-13-22/h3-15,20,26H,16-19H2,1-2H3,(H,31,34)/t26-/m1/s1. The van der Waals surface area contributed by atoms with Gasteiger partial charge in [-0.2, -0.15) is 0 Å². The van der Waals surface area contributed by atoms with Crippen LogP contribution in [0.5, 0.6) is 0 Å². The van der Waals surface area contributed by atoms with E-state index >= 15 is 0 Å². The van der Waals surface area contributed by atoms with Crippen LogP contribution >= 0.6 is 23.4 Å². The number of nitrogens with zero attached hydrogens (tertiary/aromatic N) is 1. The molecule has 0 heterocycles. The van der Waals surface area contributed by atoms with Crippen molar-refractivity contribution in [3.63, 3.8) is 0 Å². The number of thioether (sulfide) groups is 1. The zero-order valence-electron chi connectivity index (χ0n) is 19.9. The normalized spacial score (nSPS) is 11.8. The first kappa shape index (κ1) is 26.8. The minimum absolute atomic E-state index is 0.00995. The molecule has 0 radical (unpaired) electrons. The van der Waals surface area contributed by atoms with Crippen molar-refractivity contribution in [2.45, 2.75) is 44.6 Å². The first-order valence-electron chi connectivity index (χ1n) is 11.5. The zero-order chi connectivity index (χ0) is 25.2. The molecule has 0 aliphatic carbocycles. The average molecular weight is 513 g/mol. The van der Waals surface area contributed by atoms with Crippen LogP contribution in [0, 0.1) is 5.82 Å². The van der Waals surface area contributed by atoms with Crippen LogP contribution in [0.3, 0.4) is 0 Å². The Morgan fingerprint density at radius 2 is 1.60 bits per heavy atom. The van der Waals surface area contributed by atoms with Gasteiger partial charge in [0.1, 0.15) is 11.9 Å². The number of benzene rings is 3. The van der Waals surface area contributed by atoms with Crippen LogP contribution in [0.15, 0.2) is 78.9 Å². The smallest absolute Gasteiger partial charge is 0.243 e. The molecular weight excluding hydrogens is 483 g/mol. The van der Waals surface area contributed by atoms with Gasteiger partial charge >= 0.3 is 0 Å². The van der Waals surface area contributed by atoms with Gasteiger partial charge in [0, 0.05) is 35.3 Å². The lowest BCUT2D eigenvalue weighted by Crippen LogP contribution is -2.52. The molecule has 0 unspecified atom stereocenters. The van der Waals surface area contributed by atoms with Gasteiger partial charge in [0.15, 0.2) is 0 Å². The number of carbonyl (C=O) groups excluding carboxylic acids is 2. The van der Waals surface area contributed by atoms with Gasteiger partial charge in [0.25, 0.3) is 0 Å². The Morgan fingerprint density at radius 3 is 2.26 bits per heavy atom. The van der Waals surface area contributed by atoms with E-state index in [-0.39, 0.29) is 30.2 Å². The Labute approximate surface area is 215 Å². The fraction of sp³-hybridized carbons (Fsp3) is 0.286. The monoisotopic (exact) mass is 512 g/mol. The molecule has 3 aromatic carbocycles. The van der Waals surface area contributed by atoms with Crippen LogP contribution in [0.25, 0.3) is 0 Å². The molecule has 0 aliphatic rings. The molecule has 2 amide bonds.